The van der Waals surface area contributed by atoms with Crippen LogP contribution in [0, 0.1) is 24.3 Å². The molecule has 0 aliphatic carbocycles. The summed E-state index contributed by atoms with van der Waals surface area (Å²) in [6.45, 7) is 12.2. The Labute approximate surface area is 221 Å². The summed E-state index contributed by atoms with van der Waals surface area (Å²) in [5, 5.41) is 23.8. The number of aliphatic hydroxyl groups excluding tert-OH is 1. The Morgan fingerprint density at radius 3 is 2.31 bits per heavy atom. The van der Waals surface area contributed by atoms with E-state index in [2.05, 4.69) is 61.9 Å². The van der Waals surface area contributed by atoms with Crippen molar-refractivity contribution in [2.75, 3.05) is 0 Å². The molecule has 4 nitrogen and oxygen atoms in total. The van der Waals surface area contributed by atoms with E-state index in [1.54, 1.807) is 0 Å². The number of hydrogen-bond donors (Lipinski definition) is 1. The molecule has 0 bridgehead atoms. The second kappa shape index (κ2) is 11.6. The van der Waals surface area contributed by atoms with Crippen LogP contribution in [0.4, 0.5) is 0 Å². The number of allylic oxidation sites excluding steroid dienone is 2. The van der Waals surface area contributed by atoms with Crippen LogP contribution in [0.25, 0.3) is 32.8 Å². The van der Waals surface area contributed by atoms with E-state index in [-0.39, 0.29) is 31.6 Å². The Hall–Kier alpha value is -3.10. The van der Waals surface area contributed by atoms with Gasteiger partial charge in [-0.15, -0.1) is 23.6 Å². The largest absolute Gasteiger partial charge is 0.512 e. The molecule has 0 aliphatic heterocycles. The van der Waals surface area contributed by atoms with Crippen LogP contribution in [-0.4, -0.2) is 23.9 Å². The topological polar surface area (TPSA) is 74.0 Å². The van der Waals surface area contributed by atoms with E-state index in [1.165, 1.54) is 36.1 Å². The van der Waals surface area contributed by atoms with Crippen molar-refractivity contribution in [3.63, 3.8) is 0 Å². The molecule has 0 aliphatic rings. The van der Waals surface area contributed by atoms with E-state index in [9.17, 15) is 10.1 Å². The van der Waals surface area contributed by atoms with Gasteiger partial charge in [0.2, 0.25) is 0 Å². The predicted octanol–water partition coefficient (Wildman–Crippen LogP) is 6.62. The molecule has 0 fully saturated rings. The van der Waals surface area contributed by atoms with Crippen molar-refractivity contribution in [1.29, 1.82) is 5.26 Å². The number of fused-ring (bicyclic) bond motifs is 2. The van der Waals surface area contributed by atoms with Crippen LogP contribution in [-0.2, 0) is 24.9 Å². The number of rotatable bonds is 3. The van der Waals surface area contributed by atoms with Crippen molar-refractivity contribution in [2.45, 2.75) is 40.4 Å². The third kappa shape index (κ3) is 6.52. The molecule has 6 heteroatoms. The van der Waals surface area contributed by atoms with Crippen molar-refractivity contribution < 1.29 is 30.0 Å². The fourth-order valence-electron chi connectivity index (χ4n) is 4.32. The molecule has 4 aromatic rings. The average molecular weight is 658 g/mol. The molecule has 0 saturated heterocycles. The van der Waals surface area contributed by atoms with Gasteiger partial charge in [-0.25, -0.2) is 0 Å². The molecule has 3 aromatic carbocycles. The van der Waals surface area contributed by atoms with Crippen molar-refractivity contribution in [3.8, 4) is 17.3 Å². The molecule has 181 valence electrons. The van der Waals surface area contributed by atoms with Crippen LogP contribution in [0.5, 0.6) is 0 Å². The average Bonchev–Trinajstić information content (AvgIpc) is 2.76. The normalized spacial score (nSPS) is 11.3. The van der Waals surface area contributed by atoms with Gasteiger partial charge in [-0.3, -0.25) is 9.78 Å². The molecule has 0 spiro atoms. The molecule has 1 heterocycles. The zero-order valence-corrected chi connectivity index (χ0v) is 24.3. The second-order valence-corrected chi connectivity index (χ2v) is 14.4. The summed E-state index contributed by atoms with van der Waals surface area (Å²) >= 11 is 0. The Bertz CT molecular complexity index is 1460. The molecular weight excluding hydrogens is 629 g/mol. The molecule has 35 heavy (non-hydrogen) atoms. The van der Waals surface area contributed by atoms with Crippen molar-refractivity contribution in [2.24, 2.45) is 0 Å². The standard InChI is InChI=1S/C24H21N2Si.C5H8O2.Ir/c1-16-9-10-21-22(24(16)27(2,3)4)11-12-26-23(21)18-13-17-7-5-6-8-20(17)19(14-18)15-25;1-4(6)3-5(2)7;/h5-12,14H,1-4H3;3,6H,1-2H3;/q-1;;/b;4-3-;. The monoisotopic (exact) mass is 658 g/mol. The van der Waals surface area contributed by atoms with E-state index < -0.39 is 8.07 Å². The van der Waals surface area contributed by atoms with E-state index in [0.29, 0.717) is 5.56 Å². The van der Waals surface area contributed by atoms with Crippen LogP contribution in [0.2, 0.25) is 19.6 Å². The predicted molar refractivity (Wildman–Crippen MR) is 143 cm³/mol. The molecule has 0 amide bonds. The minimum absolute atomic E-state index is 0. The molecule has 1 aromatic heterocycles. The summed E-state index contributed by atoms with van der Waals surface area (Å²) in [4.78, 5) is 14.7. The van der Waals surface area contributed by atoms with E-state index >= 15 is 0 Å². The zero-order valence-electron chi connectivity index (χ0n) is 20.9. The Balaban J connectivity index is 0.000000476. The zero-order chi connectivity index (χ0) is 25.0. The van der Waals surface area contributed by atoms with Crippen LogP contribution in [0.3, 0.4) is 0 Å². The van der Waals surface area contributed by atoms with E-state index in [0.717, 1.165) is 27.4 Å². The molecule has 4 rings (SSSR count). The number of nitriles is 1. The van der Waals surface area contributed by atoms with Gasteiger partial charge < -0.3 is 5.11 Å². The van der Waals surface area contributed by atoms with Gasteiger partial charge in [0.15, 0.2) is 5.78 Å². The number of hydrogen-bond acceptors (Lipinski definition) is 4. The first kappa shape index (κ1) is 28.1. The summed E-state index contributed by atoms with van der Waals surface area (Å²) in [6, 6.07) is 22.1. The summed E-state index contributed by atoms with van der Waals surface area (Å²) in [7, 11) is -1.52. The van der Waals surface area contributed by atoms with Crippen molar-refractivity contribution in [1.82, 2.24) is 4.98 Å². The van der Waals surface area contributed by atoms with Gasteiger partial charge in [0.05, 0.1) is 19.9 Å². The molecule has 0 atom stereocenters. The van der Waals surface area contributed by atoms with E-state index in [1.807, 2.05) is 36.5 Å². The number of benzene rings is 3. The maximum Gasteiger partial charge on any atom is 0.155 e. The van der Waals surface area contributed by atoms with Crippen LogP contribution in [0.15, 0.2) is 66.6 Å². The number of aliphatic hydroxyl groups is 1. The molecule has 0 unspecified atom stereocenters. The number of carbonyl (C=O) groups excluding carboxylic acids is 1. The summed E-state index contributed by atoms with van der Waals surface area (Å²) < 4.78 is 0. The maximum absolute atomic E-state index is 10.0. The molecule has 0 saturated carbocycles. The minimum Gasteiger partial charge on any atom is -0.512 e. The number of aromatic nitrogens is 1. The van der Waals surface area contributed by atoms with E-state index in [4.69, 9.17) is 5.11 Å². The smallest absolute Gasteiger partial charge is 0.155 e. The minimum atomic E-state index is -1.52. The maximum atomic E-state index is 10.0. The van der Waals surface area contributed by atoms with Crippen LogP contribution >= 0.6 is 0 Å². The van der Waals surface area contributed by atoms with Gasteiger partial charge in [0.25, 0.3) is 0 Å². The van der Waals surface area contributed by atoms with Crippen LogP contribution in [0.1, 0.15) is 25.0 Å². The first-order chi connectivity index (χ1) is 16.0. The number of pyridine rings is 1. The van der Waals surface area contributed by atoms with Crippen molar-refractivity contribution in [3.05, 3.63) is 83.8 Å². The number of aryl methyl sites for hydroxylation is 1. The second-order valence-electron chi connectivity index (χ2n) is 9.41. The first-order valence-electron chi connectivity index (χ1n) is 11.1. The fourth-order valence-corrected chi connectivity index (χ4v) is 6.61. The third-order valence-electron chi connectivity index (χ3n) is 5.47. The van der Waals surface area contributed by atoms with Gasteiger partial charge >= 0.3 is 0 Å². The number of nitrogens with zero attached hydrogens (tertiary/aromatic N) is 2. The molecule has 1 radical (unpaired) electrons. The quantitative estimate of drug-likeness (QED) is 0.116. The van der Waals surface area contributed by atoms with Crippen molar-refractivity contribution >= 4 is 40.6 Å². The van der Waals surface area contributed by atoms with Gasteiger partial charge in [-0.05, 0) is 43.2 Å². The van der Waals surface area contributed by atoms with Crippen LogP contribution < -0.4 is 5.19 Å². The summed E-state index contributed by atoms with van der Waals surface area (Å²) in [6.07, 6.45) is 3.05. The molecule has 1 N–H and O–H groups in total. The Morgan fingerprint density at radius 2 is 1.74 bits per heavy atom. The summed E-state index contributed by atoms with van der Waals surface area (Å²) in [5.41, 5.74) is 3.78. The first-order valence-corrected chi connectivity index (χ1v) is 14.6. The van der Waals surface area contributed by atoms with Gasteiger partial charge in [0.1, 0.15) is 0 Å². The van der Waals surface area contributed by atoms with Gasteiger partial charge in [-0.1, -0.05) is 71.7 Å². The number of ketones is 1. The Morgan fingerprint density at radius 1 is 1.06 bits per heavy atom. The number of carbonyl (C=O) groups is 1. The summed E-state index contributed by atoms with van der Waals surface area (Å²) in [5.74, 6) is -0.0625. The fraction of sp³-hybridized carbons (Fsp3) is 0.207. The third-order valence-corrected chi connectivity index (χ3v) is 7.63. The molecular formula is C29H29IrN2O2Si-. The Kier molecular flexibility index (Phi) is 9.28. The van der Waals surface area contributed by atoms with Gasteiger partial charge in [0, 0.05) is 38.1 Å². The van der Waals surface area contributed by atoms with Gasteiger partial charge in [-0.2, -0.15) is 5.26 Å². The SMILES string of the molecule is CC(=O)/C=C(/C)O.Cc1ccc2c(-c3[c-]c4ccccc4c(C#N)c3)nccc2c1[Si](C)(C)C.[Ir].